The molecule has 2 amide bonds. The Morgan fingerprint density at radius 1 is 0.825 bits per heavy atom. The van der Waals surface area contributed by atoms with E-state index < -0.39 is 31.2 Å². The minimum absolute atomic E-state index is 0.167. The first-order chi connectivity index (χ1) is 19.2. The van der Waals surface area contributed by atoms with Crippen LogP contribution in [0, 0.1) is 5.92 Å². The number of hydrogen-bond donors (Lipinski definition) is 5. The molecule has 10 nitrogen and oxygen atoms in total. The maximum atomic E-state index is 13.7. The molecule has 0 aliphatic carbocycles. The Bertz CT molecular complexity index is 1290. The van der Waals surface area contributed by atoms with Crippen LogP contribution in [-0.2, 0) is 16.0 Å². The molecule has 0 bridgehead atoms. The van der Waals surface area contributed by atoms with E-state index >= 15 is 0 Å². The third kappa shape index (κ3) is 7.68. The summed E-state index contributed by atoms with van der Waals surface area (Å²) in [5.74, 6) is -0.229. The number of methoxy groups -OCH3 is 3. The minimum atomic E-state index is -2.05. The Hall–Kier alpha value is -4.22. The summed E-state index contributed by atoms with van der Waals surface area (Å²) in [5, 5.41) is 26.5. The highest BCUT2D eigenvalue weighted by Gasteiger charge is 2.31. The second-order valence-electron chi connectivity index (χ2n) is 9.45. The van der Waals surface area contributed by atoms with E-state index in [9.17, 15) is 19.6 Å². The highest BCUT2D eigenvalue weighted by Crippen LogP contribution is 2.40. The van der Waals surface area contributed by atoms with Gasteiger partial charge in [0.05, 0.1) is 21.3 Å². The molecule has 0 spiro atoms. The van der Waals surface area contributed by atoms with Crippen LogP contribution in [0.25, 0.3) is 11.1 Å². The Balaban J connectivity index is 1.98. The van der Waals surface area contributed by atoms with Crippen molar-refractivity contribution in [3.05, 3.63) is 72.3 Å². The molecule has 0 saturated carbocycles. The lowest BCUT2D eigenvalue weighted by atomic mass is 9.98. The molecular formula is C29H36BN3O7. The zero-order chi connectivity index (χ0) is 29.2. The number of carbonyl (C=O) groups is 2. The topological polar surface area (TPSA) is 138 Å². The summed E-state index contributed by atoms with van der Waals surface area (Å²) in [7, 11) is 2.49. The third-order valence-corrected chi connectivity index (χ3v) is 6.36. The lowest BCUT2D eigenvalue weighted by Gasteiger charge is -2.26. The molecule has 40 heavy (non-hydrogen) atoms. The van der Waals surface area contributed by atoms with Crippen molar-refractivity contribution in [3.8, 4) is 28.4 Å². The van der Waals surface area contributed by atoms with Crippen molar-refractivity contribution in [1.29, 1.82) is 0 Å². The van der Waals surface area contributed by atoms with Gasteiger partial charge in [0.25, 0.3) is 0 Å². The number of nitrogens with one attached hydrogen (secondary N) is 3. The van der Waals surface area contributed by atoms with Gasteiger partial charge in [0, 0.05) is 17.7 Å². The summed E-state index contributed by atoms with van der Waals surface area (Å²) in [5.41, 5.74) is 3.35. The number of anilines is 1. The van der Waals surface area contributed by atoms with Gasteiger partial charge in [-0.2, -0.15) is 0 Å². The van der Waals surface area contributed by atoms with E-state index in [1.165, 1.54) is 21.3 Å². The van der Waals surface area contributed by atoms with E-state index in [4.69, 9.17) is 14.2 Å². The Kier molecular flexibility index (Phi) is 10.8. The summed E-state index contributed by atoms with van der Waals surface area (Å²) in [4.78, 5) is 26.3. The third-order valence-electron chi connectivity index (χ3n) is 6.36. The first kappa shape index (κ1) is 30.3. The lowest BCUT2D eigenvalue weighted by Crippen LogP contribution is -2.56. The van der Waals surface area contributed by atoms with Crippen LogP contribution < -0.4 is 30.1 Å². The van der Waals surface area contributed by atoms with E-state index in [0.717, 1.165) is 11.1 Å². The van der Waals surface area contributed by atoms with E-state index in [0.29, 0.717) is 28.5 Å². The number of carbonyl (C=O) groups excluding carboxylic acids is 2. The first-order valence-electron chi connectivity index (χ1n) is 12.8. The van der Waals surface area contributed by atoms with Crippen LogP contribution in [-0.4, -0.2) is 62.5 Å². The predicted molar refractivity (Wildman–Crippen MR) is 154 cm³/mol. The van der Waals surface area contributed by atoms with Gasteiger partial charge in [-0.25, -0.2) is 0 Å². The molecule has 5 N–H and O–H groups in total. The van der Waals surface area contributed by atoms with Crippen LogP contribution in [0.1, 0.15) is 19.4 Å². The van der Waals surface area contributed by atoms with Crippen LogP contribution in [0.3, 0.4) is 0 Å². The van der Waals surface area contributed by atoms with Crippen molar-refractivity contribution in [2.24, 2.45) is 5.92 Å². The first-order valence-corrected chi connectivity index (χ1v) is 12.8. The van der Waals surface area contributed by atoms with Crippen LogP contribution >= 0.6 is 0 Å². The van der Waals surface area contributed by atoms with Gasteiger partial charge in [-0.3, -0.25) is 9.59 Å². The largest absolute Gasteiger partial charge is 0.587 e. The van der Waals surface area contributed by atoms with Gasteiger partial charge in [-0.15, -0.1) is 0 Å². The Morgan fingerprint density at radius 3 is 2.10 bits per heavy atom. The smallest absolute Gasteiger partial charge is 0.493 e. The molecule has 0 saturated heterocycles. The Labute approximate surface area is 234 Å². The molecule has 0 aliphatic rings. The highest BCUT2D eigenvalue weighted by atomic mass is 16.5. The molecule has 0 heterocycles. The molecule has 3 aromatic carbocycles. The van der Waals surface area contributed by atoms with Gasteiger partial charge in [-0.1, -0.05) is 62.4 Å². The van der Waals surface area contributed by atoms with Crippen molar-refractivity contribution in [2.75, 3.05) is 26.6 Å². The normalized spacial score (nSPS) is 12.2. The van der Waals surface area contributed by atoms with Crippen LogP contribution in [0.2, 0.25) is 0 Å². The lowest BCUT2D eigenvalue weighted by molar-refractivity contribution is -0.129. The average molecular weight is 549 g/mol. The summed E-state index contributed by atoms with van der Waals surface area (Å²) in [6.45, 7) is 3.49. The molecular weight excluding hydrogens is 513 g/mol. The molecule has 212 valence electrons. The highest BCUT2D eigenvalue weighted by molar-refractivity contribution is 6.42. The number of rotatable bonds is 13. The molecule has 0 aliphatic heterocycles. The van der Waals surface area contributed by atoms with Gasteiger partial charge in [0.15, 0.2) is 11.5 Å². The number of hydrogen-bond acceptors (Lipinski definition) is 8. The fraction of sp³-hybridized carbons (Fsp3) is 0.310. The summed E-state index contributed by atoms with van der Waals surface area (Å²) in [6, 6.07) is 19.2. The van der Waals surface area contributed by atoms with Crippen molar-refractivity contribution in [2.45, 2.75) is 32.4 Å². The zero-order valence-corrected chi connectivity index (χ0v) is 23.3. The van der Waals surface area contributed by atoms with Crippen molar-refractivity contribution in [1.82, 2.24) is 10.5 Å². The molecule has 11 heteroatoms. The van der Waals surface area contributed by atoms with Gasteiger partial charge in [0.2, 0.25) is 17.6 Å². The van der Waals surface area contributed by atoms with Crippen LogP contribution in [0.15, 0.2) is 66.7 Å². The van der Waals surface area contributed by atoms with Crippen molar-refractivity contribution < 1.29 is 33.8 Å². The summed E-state index contributed by atoms with van der Waals surface area (Å²) < 4.78 is 16.5. The molecule has 0 radical (unpaired) electrons. The predicted octanol–water partition coefficient (Wildman–Crippen LogP) is 2.63. The van der Waals surface area contributed by atoms with E-state index in [2.05, 4.69) is 10.6 Å². The average Bonchev–Trinajstić information content (AvgIpc) is 2.94. The monoisotopic (exact) mass is 549 g/mol. The minimum Gasteiger partial charge on any atom is -0.493 e. The fourth-order valence-electron chi connectivity index (χ4n) is 4.38. The number of ether oxygens (including phenoxy) is 3. The number of benzene rings is 3. The second kappa shape index (κ2) is 14.3. The van der Waals surface area contributed by atoms with Crippen molar-refractivity contribution >= 4 is 24.8 Å². The van der Waals surface area contributed by atoms with Crippen molar-refractivity contribution in [3.63, 3.8) is 0 Å². The zero-order valence-electron chi connectivity index (χ0n) is 23.3. The molecule has 0 aromatic heterocycles. The van der Waals surface area contributed by atoms with E-state index in [-0.39, 0.29) is 12.3 Å². The van der Waals surface area contributed by atoms with E-state index in [1.807, 2.05) is 59.8 Å². The SMILES string of the molecule is COc1ccc(CC(Nc2cccc(-c3ccccc3)c2)C(=O)NC(C(=O)NB(O)O)C(C)C)c(OC)c1OC. The molecule has 2 unspecified atom stereocenters. The van der Waals surface area contributed by atoms with Crippen LogP contribution in [0.5, 0.6) is 17.2 Å². The standard InChI is InChI=1S/C29H36BN3O7/c1-18(2)25(29(35)33-30(36)37)32-28(34)23(17-21-14-15-24(38-3)27(40-5)26(21)39-4)31-22-13-9-12-20(16-22)19-10-7-6-8-11-19/h6-16,18,23,25,31,36-37H,17H2,1-5H3,(H,32,34)(H,33,35). The van der Waals surface area contributed by atoms with Crippen LogP contribution in [0.4, 0.5) is 5.69 Å². The summed E-state index contributed by atoms with van der Waals surface area (Å²) in [6.07, 6.45) is 0.167. The maximum Gasteiger partial charge on any atom is 0.587 e. The number of amides is 2. The second-order valence-corrected chi connectivity index (χ2v) is 9.45. The van der Waals surface area contributed by atoms with Gasteiger partial charge in [0.1, 0.15) is 12.1 Å². The quantitative estimate of drug-likeness (QED) is 0.205. The van der Waals surface area contributed by atoms with Gasteiger partial charge < -0.3 is 40.1 Å². The molecule has 0 fully saturated rings. The fourth-order valence-corrected chi connectivity index (χ4v) is 4.38. The molecule has 2 atom stereocenters. The Morgan fingerprint density at radius 2 is 1.50 bits per heavy atom. The summed E-state index contributed by atoms with van der Waals surface area (Å²) >= 11 is 0. The maximum absolute atomic E-state index is 13.7. The van der Waals surface area contributed by atoms with Gasteiger partial charge >= 0.3 is 7.25 Å². The molecule has 3 rings (SSSR count). The van der Waals surface area contributed by atoms with Gasteiger partial charge in [-0.05, 0) is 35.2 Å². The molecule has 3 aromatic rings. The van der Waals surface area contributed by atoms with E-state index in [1.54, 1.807) is 26.0 Å².